The maximum Gasteiger partial charge on any atom is 0.137 e. The second-order valence-electron chi connectivity index (χ2n) is 14.2. The van der Waals surface area contributed by atoms with Gasteiger partial charge in [-0.2, -0.15) is 0 Å². The predicted octanol–water partition coefficient (Wildman–Crippen LogP) is 14.6. The van der Waals surface area contributed by atoms with E-state index in [0.29, 0.717) is 0 Å². The monoisotopic (exact) mass is 702 g/mol. The molecule has 11 aromatic rings. The van der Waals surface area contributed by atoms with Gasteiger partial charge in [0.1, 0.15) is 11.2 Å². The SMILES string of the molecule is c1ccc(-c2ccc(N(c3ccc(-c4cccc5c6ccccc6n(-c6ccccc6)c45)cc3)c3ccc4c(c3)oc3cc5ccccc5cc34)cc2)cc1. The van der Waals surface area contributed by atoms with Crippen LogP contribution in [0.4, 0.5) is 17.1 Å². The lowest BCUT2D eigenvalue weighted by molar-refractivity contribution is 0.669. The maximum absolute atomic E-state index is 6.56. The van der Waals surface area contributed by atoms with E-state index in [2.05, 4.69) is 216 Å². The van der Waals surface area contributed by atoms with Crippen molar-refractivity contribution in [2.75, 3.05) is 4.90 Å². The minimum absolute atomic E-state index is 0.866. The Morgan fingerprint density at radius 2 is 0.945 bits per heavy atom. The van der Waals surface area contributed by atoms with Crippen molar-refractivity contribution in [1.29, 1.82) is 0 Å². The van der Waals surface area contributed by atoms with Crippen LogP contribution in [0.15, 0.2) is 211 Å². The standard InChI is InChI=1S/C52H34N2O/c1-3-12-35(13-4-1)36-22-26-41(27-23-36)53(43-30-31-46-48-32-38-14-7-8-15-39(38)33-50(48)55-51(46)34-43)42-28-24-37(25-29-42)44-19-11-20-47-45-18-9-10-21-49(45)54(52(44)47)40-16-5-2-6-17-40/h1-34H. The summed E-state index contributed by atoms with van der Waals surface area (Å²) in [4.78, 5) is 2.32. The fourth-order valence-corrected chi connectivity index (χ4v) is 8.36. The van der Waals surface area contributed by atoms with Crippen LogP contribution in [0.25, 0.3) is 82.5 Å². The molecule has 0 aliphatic carbocycles. The quantitative estimate of drug-likeness (QED) is 0.172. The van der Waals surface area contributed by atoms with Gasteiger partial charge in [-0.15, -0.1) is 0 Å². The topological polar surface area (TPSA) is 21.3 Å². The van der Waals surface area contributed by atoms with Crippen LogP contribution in [-0.4, -0.2) is 4.57 Å². The first kappa shape index (κ1) is 31.2. The van der Waals surface area contributed by atoms with E-state index in [0.717, 1.165) is 50.3 Å². The summed E-state index contributed by atoms with van der Waals surface area (Å²) >= 11 is 0. The summed E-state index contributed by atoms with van der Waals surface area (Å²) in [5.74, 6) is 0. The smallest absolute Gasteiger partial charge is 0.137 e. The van der Waals surface area contributed by atoms with Crippen molar-refractivity contribution in [3.8, 4) is 27.9 Å². The van der Waals surface area contributed by atoms with Gasteiger partial charge in [-0.05, 0) is 94.2 Å². The van der Waals surface area contributed by atoms with Crippen LogP contribution in [0, 0.1) is 0 Å². The van der Waals surface area contributed by atoms with Crippen LogP contribution >= 0.6 is 0 Å². The van der Waals surface area contributed by atoms with Crippen LogP contribution in [-0.2, 0) is 0 Å². The Hall–Kier alpha value is -7.36. The lowest BCUT2D eigenvalue weighted by Crippen LogP contribution is -2.09. The normalized spacial score (nSPS) is 11.6. The molecule has 0 amide bonds. The van der Waals surface area contributed by atoms with E-state index in [1.807, 2.05) is 0 Å². The summed E-state index contributed by atoms with van der Waals surface area (Å²) in [5, 5.41) is 7.12. The average molecular weight is 703 g/mol. The van der Waals surface area contributed by atoms with Gasteiger partial charge in [0, 0.05) is 55.9 Å². The van der Waals surface area contributed by atoms with E-state index in [1.165, 1.54) is 49.3 Å². The summed E-state index contributed by atoms with van der Waals surface area (Å²) in [6.07, 6.45) is 0. The molecule has 2 heterocycles. The molecule has 3 heteroatoms. The fourth-order valence-electron chi connectivity index (χ4n) is 8.36. The number of para-hydroxylation sites is 3. The molecule has 0 unspecified atom stereocenters. The highest BCUT2D eigenvalue weighted by atomic mass is 16.3. The first-order valence-electron chi connectivity index (χ1n) is 18.8. The van der Waals surface area contributed by atoms with Crippen LogP contribution in [0.3, 0.4) is 0 Å². The molecule has 0 atom stereocenters. The number of benzene rings is 9. The largest absolute Gasteiger partial charge is 0.456 e. The van der Waals surface area contributed by atoms with E-state index in [4.69, 9.17) is 4.42 Å². The Morgan fingerprint density at radius 3 is 1.71 bits per heavy atom. The number of fused-ring (bicyclic) bond motifs is 7. The minimum Gasteiger partial charge on any atom is -0.456 e. The molecule has 0 aliphatic heterocycles. The molecule has 0 fully saturated rings. The minimum atomic E-state index is 0.866. The maximum atomic E-state index is 6.56. The van der Waals surface area contributed by atoms with E-state index >= 15 is 0 Å². The Kier molecular flexibility index (Phi) is 7.17. The molecule has 2 aromatic heterocycles. The lowest BCUT2D eigenvalue weighted by Gasteiger charge is -2.26. The third-order valence-corrected chi connectivity index (χ3v) is 11.0. The number of rotatable bonds is 6. The van der Waals surface area contributed by atoms with Crippen molar-refractivity contribution in [3.05, 3.63) is 206 Å². The highest BCUT2D eigenvalue weighted by Crippen LogP contribution is 2.42. The van der Waals surface area contributed by atoms with Gasteiger partial charge < -0.3 is 13.9 Å². The first-order chi connectivity index (χ1) is 27.3. The number of hydrogen-bond donors (Lipinski definition) is 0. The Bertz CT molecular complexity index is 3180. The molecule has 55 heavy (non-hydrogen) atoms. The zero-order chi connectivity index (χ0) is 36.3. The average Bonchev–Trinajstić information content (AvgIpc) is 3.79. The van der Waals surface area contributed by atoms with Gasteiger partial charge in [0.2, 0.25) is 0 Å². The molecule has 9 aromatic carbocycles. The van der Waals surface area contributed by atoms with Gasteiger partial charge in [-0.1, -0.05) is 133 Å². The van der Waals surface area contributed by atoms with E-state index in [-0.39, 0.29) is 0 Å². The molecule has 0 radical (unpaired) electrons. The fraction of sp³-hybridized carbons (Fsp3) is 0. The molecule has 0 N–H and O–H groups in total. The van der Waals surface area contributed by atoms with Gasteiger partial charge in [0.05, 0.1) is 11.0 Å². The second kappa shape index (κ2) is 12.6. The molecule has 3 nitrogen and oxygen atoms in total. The first-order valence-corrected chi connectivity index (χ1v) is 18.8. The summed E-state index contributed by atoms with van der Waals surface area (Å²) in [6.45, 7) is 0. The van der Waals surface area contributed by atoms with Gasteiger partial charge in [-0.3, -0.25) is 0 Å². The van der Waals surface area contributed by atoms with Gasteiger partial charge >= 0.3 is 0 Å². The third-order valence-electron chi connectivity index (χ3n) is 11.0. The van der Waals surface area contributed by atoms with Gasteiger partial charge in [-0.25, -0.2) is 0 Å². The molecule has 258 valence electrons. The highest BCUT2D eigenvalue weighted by Gasteiger charge is 2.19. The van der Waals surface area contributed by atoms with E-state index in [9.17, 15) is 0 Å². The van der Waals surface area contributed by atoms with Crippen molar-refractivity contribution >= 4 is 71.6 Å². The van der Waals surface area contributed by atoms with Crippen molar-refractivity contribution in [2.24, 2.45) is 0 Å². The number of anilines is 3. The predicted molar refractivity (Wildman–Crippen MR) is 231 cm³/mol. The highest BCUT2D eigenvalue weighted by molar-refractivity contribution is 6.14. The number of furan rings is 1. The summed E-state index contributed by atoms with van der Waals surface area (Å²) in [7, 11) is 0. The van der Waals surface area contributed by atoms with Gasteiger partial charge in [0.25, 0.3) is 0 Å². The van der Waals surface area contributed by atoms with Crippen molar-refractivity contribution in [2.45, 2.75) is 0 Å². The molecular weight excluding hydrogens is 669 g/mol. The van der Waals surface area contributed by atoms with Crippen LogP contribution in [0.5, 0.6) is 0 Å². The zero-order valence-electron chi connectivity index (χ0n) is 29.9. The summed E-state index contributed by atoms with van der Waals surface area (Å²) < 4.78 is 8.96. The van der Waals surface area contributed by atoms with E-state index in [1.54, 1.807) is 0 Å². The summed E-state index contributed by atoms with van der Waals surface area (Å²) in [5.41, 5.74) is 13.2. The molecule has 11 rings (SSSR count). The number of aromatic nitrogens is 1. The lowest BCUT2D eigenvalue weighted by atomic mass is 10.0. The number of nitrogens with zero attached hydrogens (tertiary/aromatic N) is 2. The van der Waals surface area contributed by atoms with Gasteiger partial charge in [0.15, 0.2) is 0 Å². The van der Waals surface area contributed by atoms with Crippen molar-refractivity contribution in [1.82, 2.24) is 4.57 Å². The van der Waals surface area contributed by atoms with Crippen LogP contribution in [0.2, 0.25) is 0 Å². The molecule has 0 spiro atoms. The second-order valence-corrected chi connectivity index (χ2v) is 14.2. The van der Waals surface area contributed by atoms with Crippen LogP contribution in [0.1, 0.15) is 0 Å². The molecular formula is C52H34N2O. The Morgan fingerprint density at radius 1 is 0.364 bits per heavy atom. The molecule has 0 saturated carbocycles. The molecule has 0 bridgehead atoms. The molecule has 0 aliphatic rings. The van der Waals surface area contributed by atoms with Crippen molar-refractivity contribution < 1.29 is 4.42 Å². The number of hydrogen-bond acceptors (Lipinski definition) is 2. The van der Waals surface area contributed by atoms with Crippen molar-refractivity contribution in [3.63, 3.8) is 0 Å². The van der Waals surface area contributed by atoms with Crippen LogP contribution < -0.4 is 4.90 Å². The Balaban J connectivity index is 1.06. The third kappa shape index (κ3) is 5.20. The zero-order valence-corrected chi connectivity index (χ0v) is 29.9. The van der Waals surface area contributed by atoms with E-state index < -0.39 is 0 Å². The molecule has 0 saturated heterocycles. The summed E-state index contributed by atoms with van der Waals surface area (Å²) in [6, 6.07) is 73.9. The Labute approximate surface area is 318 Å².